The minimum atomic E-state index is -3.82. The van der Waals surface area contributed by atoms with E-state index in [4.69, 9.17) is 21.9 Å². The average molecular weight is 210 g/mol. The predicted molar refractivity (Wildman–Crippen MR) is 49.9 cm³/mol. The second kappa shape index (κ2) is 5.93. The van der Waals surface area contributed by atoms with Gasteiger partial charge in [-0.15, -0.1) is 0 Å². The first-order chi connectivity index (χ1) is 5.92. The van der Waals surface area contributed by atoms with Crippen LogP contribution in [0.2, 0.25) is 0 Å². The summed E-state index contributed by atoms with van der Waals surface area (Å²) < 4.78 is 14.8. The van der Waals surface area contributed by atoms with Crippen molar-refractivity contribution in [1.82, 2.24) is 0 Å². The summed E-state index contributed by atoms with van der Waals surface area (Å²) in [7, 11) is -3.82. The second-order valence-electron chi connectivity index (χ2n) is 2.41. The summed E-state index contributed by atoms with van der Waals surface area (Å²) in [6.07, 6.45) is 1.26. The SMILES string of the molecule is NC(N)=NCCCCOP(N)(=O)O. The van der Waals surface area contributed by atoms with E-state index in [9.17, 15) is 4.57 Å². The minimum absolute atomic E-state index is 0.0348. The fourth-order valence-electron chi connectivity index (χ4n) is 0.617. The molecule has 0 rings (SSSR count). The van der Waals surface area contributed by atoms with Crippen molar-refractivity contribution in [1.29, 1.82) is 0 Å². The maximum Gasteiger partial charge on any atom is 0.400 e. The molecule has 0 heterocycles. The van der Waals surface area contributed by atoms with Gasteiger partial charge >= 0.3 is 7.75 Å². The highest BCUT2D eigenvalue weighted by molar-refractivity contribution is 7.50. The Morgan fingerprint density at radius 2 is 2.08 bits per heavy atom. The van der Waals surface area contributed by atoms with E-state index < -0.39 is 7.75 Å². The Hall–Kier alpha value is -0.620. The summed E-state index contributed by atoms with van der Waals surface area (Å²) in [5.41, 5.74) is 14.9. The van der Waals surface area contributed by atoms with Gasteiger partial charge < -0.3 is 16.4 Å². The zero-order valence-corrected chi connectivity index (χ0v) is 8.11. The van der Waals surface area contributed by atoms with Crippen LogP contribution in [0.25, 0.3) is 0 Å². The molecule has 0 aromatic carbocycles. The van der Waals surface area contributed by atoms with Crippen LogP contribution in [0.4, 0.5) is 0 Å². The van der Waals surface area contributed by atoms with Gasteiger partial charge in [-0.25, -0.2) is 10.1 Å². The van der Waals surface area contributed by atoms with Crippen molar-refractivity contribution >= 4 is 13.7 Å². The van der Waals surface area contributed by atoms with Crippen LogP contribution in [0.3, 0.4) is 0 Å². The normalized spacial score (nSPS) is 14.9. The zero-order valence-electron chi connectivity index (χ0n) is 7.22. The molecule has 7 nitrogen and oxygen atoms in total. The number of unbranched alkanes of at least 4 members (excludes halogenated alkanes) is 1. The Morgan fingerprint density at radius 1 is 1.46 bits per heavy atom. The molecule has 0 fully saturated rings. The summed E-state index contributed by atoms with van der Waals surface area (Å²) in [4.78, 5) is 12.2. The minimum Gasteiger partial charge on any atom is -0.370 e. The van der Waals surface area contributed by atoms with Gasteiger partial charge in [0, 0.05) is 6.54 Å². The van der Waals surface area contributed by atoms with E-state index in [1.165, 1.54) is 0 Å². The topological polar surface area (TPSA) is 137 Å². The number of guanidine groups is 1. The van der Waals surface area contributed by atoms with Crippen LogP contribution in [0.15, 0.2) is 4.99 Å². The lowest BCUT2D eigenvalue weighted by molar-refractivity contribution is 0.255. The van der Waals surface area contributed by atoms with Crippen LogP contribution in [0.5, 0.6) is 0 Å². The highest BCUT2D eigenvalue weighted by Gasteiger charge is 2.09. The largest absolute Gasteiger partial charge is 0.400 e. The Kier molecular flexibility index (Phi) is 5.65. The Balaban J connectivity index is 3.28. The molecule has 13 heavy (non-hydrogen) atoms. The summed E-state index contributed by atoms with van der Waals surface area (Å²) in [6.45, 7) is 0.607. The quantitative estimate of drug-likeness (QED) is 0.194. The number of rotatable bonds is 6. The third-order valence-corrected chi connectivity index (χ3v) is 1.68. The third-order valence-electron chi connectivity index (χ3n) is 1.12. The fraction of sp³-hybridized carbons (Fsp3) is 0.800. The summed E-state index contributed by atoms with van der Waals surface area (Å²) in [5, 5.41) is 0. The molecule has 0 saturated carbocycles. The van der Waals surface area contributed by atoms with Crippen LogP contribution in [0.1, 0.15) is 12.8 Å². The van der Waals surface area contributed by atoms with E-state index in [1.807, 2.05) is 0 Å². The van der Waals surface area contributed by atoms with Crippen molar-refractivity contribution in [2.24, 2.45) is 22.0 Å². The Bertz CT molecular complexity index is 210. The smallest absolute Gasteiger partial charge is 0.370 e. The lowest BCUT2D eigenvalue weighted by Gasteiger charge is -2.04. The molecular weight excluding hydrogens is 195 g/mol. The standard InChI is InChI=1S/C5H15N4O3P/c6-5(7)9-3-1-2-4-12-13(8,10)11/h1-4H2,(H4,6,7,9)(H3,8,10,11). The molecule has 0 aromatic rings. The van der Waals surface area contributed by atoms with Crippen molar-refractivity contribution in [2.45, 2.75) is 12.8 Å². The number of hydrogen-bond acceptors (Lipinski definition) is 3. The summed E-state index contributed by atoms with van der Waals surface area (Å²) >= 11 is 0. The van der Waals surface area contributed by atoms with Gasteiger partial charge in [0.25, 0.3) is 0 Å². The molecule has 1 unspecified atom stereocenters. The highest BCUT2D eigenvalue weighted by Crippen LogP contribution is 2.30. The maximum atomic E-state index is 10.4. The first-order valence-electron chi connectivity index (χ1n) is 3.73. The van der Waals surface area contributed by atoms with Crippen molar-refractivity contribution < 1.29 is 14.0 Å². The van der Waals surface area contributed by atoms with Crippen molar-refractivity contribution in [2.75, 3.05) is 13.2 Å². The molecule has 0 spiro atoms. The summed E-state index contributed by atoms with van der Waals surface area (Å²) in [6, 6.07) is 0. The molecular formula is C5H15N4O3P. The zero-order chi connectivity index (χ0) is 10.3. The van der Waals surface area contributed by atoms with Crippen molar-refractivity contribution in [3.05, 3.63) is 0 Å². The predicted octanol–water partition coefficient (Wildman–Crippen LogP) is -0.884. The molecule has 0 radical (unpaired) electrons. The third kappa shape index (κ3) is 11.4. The van der Waals surface area contributed by atoms with Gasteiger partial charge in [0.1, 0.15) is 0 Å². The van der Waals surface area contributed by atoms with E-state index in [-0.39, 0.29) is 12.6 Å². The molecule has 1 atom stereocenters. The number of hydrogen-bond donors (Lipinski definition) is 4. The van der Waals surface area contributed by atoms with Gasteiger partial charge in [-0.1, -0.05) is 0 Å². The highest BCUT2D eigenvalue weighted by atomic mass is 31.2. The number of nitrogens with two attached hydrogens (primary N) is 3. The van der Waals surface area contributed by atoms with E-state index in [1.54, 1.807) is 0 Å². The molecule has 7 N–H and O–H groups in total. The molecule has 0 amide bonds. The van der Waals surface area contributed by atoms with E-state index in [0.717, 1.165) is 0 Å². The molecule has 0 aromatic heterocycles. The second-order valence-corrected chi connectivity index (χ2v) is 3.80. The Labute approximate surface area is 76.5 Å². The monoisotopic (exact) mass is 210 g/mol. The van der Waals surface area contributed by atoms with Crippen LogP contribution in [0, 0.1) is 0 Å². The van der Waals surface area contributed by atoms with Crippen LogP contribution in [-0.4, -0.2) is 24.0 Å². The molecule has 8 heteroatoms. The lowest BCUT2D eigenvalue weighted by atomic mass is 10.3. The van der Waals surface area contributed by atoms with Crippen LogP contribution >= 0.6 is 7.75 Å². The van der Waals surface area contributed by atoms with Gasteiger partial charge in [-0.3, -0.25) is 9.52 Å². The van der Waals surface area contributed by atoms with Crippen molar-refractivity contribution in [3.8, 4) is 0 Å². The van der Waals surface area contributed by atoms with Gasteiger partial charge in [-0.05, 0) is 12.8 Å². The first kappa shape index (κ1) is 12.4. The van der Waals surface area contributed by atoms with E-state index in [2.05, 4.69) is 9.52 Å². The van der Waals surface area contributed by atoms with Gasteiger partial charge in [0.2, 0.25) is 0 Å². The van der Waals surface area contributed by atoms with E-state index in [0.29, 0.717) is 19.4 Å². The number of aliphatic imine (C=N–C) groups is 1. The van der Waals surface area contributed by atoms with Gasteiger partial charge in [-0.2, -0.15) is 0 Å². The maximum absolute atomic E-state index is 10.4. The lowest BCUT2D eigenvalue weighted by Crippen LogP contribution is -2.22. The molecule has 0 saturated heterocycles. The first-order valence-corrected chi connectivity index (χ1v) is 5.38. The van der Waals surface area contributed by atoms with Gasteiger partial charge in [0.15, 0.2) is 5.96 Å². The summed E-state index contributed by atoms with van der Waals surface area (Å²) in [5.74, 6) is 0.0348. The molecule has 0 aliphatic carbocycles. The van der Waals surface area contributed by atoms with Crippen LogP contribution < -0.4 is 17.0 Å². The van der Waals surface area contributed by atoms with E-state index >= 15 is 0 Å². The number of nitrogens with zero attached hydrogens (tertiary/aromatic N) is 1. The van der Waals surface area contributed by atoms with Crippen LogP contribution in [-0.2, 0) is 9.09 Å². The molecule has 0 aliphatic rings. The Morgan fingerprint density at radius 3 is 2.54 bits per heavy atom. The molecule has 78 valence electrons. The van der Waals surface area contributed by atoms with Crippen molar-refractivity contribution in [3.63, 3.8) is 0 Å². The average Bonchev–Trinajstić information content (AvgIpc) is 1.93. The fourth-order valence-corrected chi connectivity index (χ4v) is 1.01. The van der Waals surface area contributed by atoms with Gasteiger partial charge in [0.05, 0.1) is 6.61 Å². The molecule has 0 aliphatic heterocycles. The molecule has 0 bridgehead atoms.